The van der Waals surface area contributed by atoms with E-state index < -0.39 is 0 Å². The van der Waals surface area contributed by atoms with Crippen molar-refractivity contribution in [3.8, 4) is 0 Å². The summed E-state index contributed by atoms with van der Waals surface area (Å²) in [6.45, 7) is 2.19. The molecule has 4 rings (SSSR count). The van der Waals surface area contributed by atoms with Gasteiger partial charge in [0, 0.05) is 18.0 Å². The number of benzene rings is 1. The number of amides is 1. The van der Waals surface area contributed by atoms with Crippen LogP contribution in [0, 0.1) is 0 Å². The quantitative estimate of drug-likeness (QED) is 0.766. The summed E-state index contributed by atoms with van der Waals surface area (Å²) < 4.78 is 0. The van der Waals surface area contributed by atoms with Crippen LogP contribution in [0.2, 0.25) is 0 Å². The lowest BCUT2D eigenvalue weighted by atomic mass is 9.87. The highest BCUT2D eigenvalue weighted by molar-refractivity contribution is 7.14. The number of carbonyl (C=O) groups excluding carboxylic acids is 1. The van der Waals surface area contributed by atoms with Gasteiger partial charge in [0.15, 0.2) is 0 Å². The van der Waals surface area contributed by atoms with Crippen molar-refractivity contribution in [2.75, 3.05) is 27.2 Å². The van der Waals surface area contributed by atoms with E-state index in [-0.39, 0.29) is 18.3 Å². The number of aryl methyl sites for hydroxylation is 2. The number of hydrogen-bond donors (Lipinski definition) is 1. The van der Waals surface area contributed by atoms with E-state index in [4.69, 9.17) is 4.84 Å². The van der Waals surface area contributed by atoms with Crippen molar-refractivity contribution in [1.29, 1.82) is 0 Å². The third-order valence-electron chi connectivity index (χ3n) is 5.35. The summed E-state index contributed by atoms with van der Waals surface area (Å²) in [6.07, 6.45) is 4.18. The molecule has 1 aromatic carbocycles. The Labute approximate surface area is 170 Å². The van der Waals surface area contributed by atoms with Gasteiger partial charge < -0.3 is 4.90 Å². The van der Waals surface area contributed by atoms with E-state index in [1.807, 2.05) is 0 Å². The maximum atomic E-state index is 12.3. The molecule has 1 aliphatic heterocycles. The number of likely N-dealkylation sites (tertiary alicyclic amines) is 1. The molecule has 6 heteroatoms. The van der Waals surface area contributed by atoms with Crippen LogP contribution in [0.1, 0.15) is 44.1 Å². The molecule has 1 saturated heterocycles. The molecule has 2 aromatic rings. The van der Waals surface area contributed by atoms with Crippen LogP contribution in [0.4, 0.5) is 0 Å². The summed E-state index contributed by atoms with van der Waals surface area (Å²) in [4.78, 5) is 21.5. The van der Waals surface area contributed by atoms with Crippen LogP contribution in [0.25, 0.3) is 5.57 Å². The standard InChI is InChI=1S/C21H24N2O2S.ClH/c1-23-11-9-15(10-12-23)20-16-6-4-3-5-14(16)7-8-18-17(20)13-19(26-18)21(24)22-25-2;/h3-6,13H,7-12H2,1-2H3,(H,22,24);1H. The van der Waals surface area contributed by atoms with Gasteiger partial charge in [0.2, 0.25) is 0 Å². The van der Waals surface area contributed by atoms with Crippen molar-refractivity contribution in [3.05, 3.63) is 62.3 Å². The normalized spacial score (nSPS) is 16.8. The first kappa shape index (κ1) is 20.1. The first-order valence-corrected chi connectivity index (χ1v) is 9.94. The number of hydroxylamine groups is 1. The Morgan fingerprint density at radius 1 is 1.11 bits per heavy atom. The molecule has 0 spiro atoms. The molecule has 0 bridgehead atoms. The highest BCUT2D eigenvalue weighted by atomic mass is 35.5. The lowest BCUT2D eigenvalue weighted by Crippen LogP contribution is -2.27. The third kappa shape index (κ3) is 3.97. The van der Waals surface area contributed by atoms with E-state index in [0.29, 0.717) is 0 Å². The molecular weight excluding hydrogens is 380 g/mol. The Hall–Kier alpha value is -1.66. The molecule has 2 heterocycles. The second-order valence-electron chi connectivity index (χ2n) is 7.02. The van der Waals surface area contributed by atoms with Crippen molar-refractivity contribution in [2.24, 2.45) is 0 Å². The lowest BCUT2D eigenvalue weighted by molar-refractivity contribution is 0.0542. The largest absolute Gasteiger partial charge is 0.306 e. The minimum absolute atomic E-state index is 0. The number of nitrogens with one attached hydrogen (secondary N) is 1. The van der Waals surface area contributed by atoms with E-state index in [1.165, 1.54) is 39.8 Å². The summed E-state index contributed by atoms with van der Waals surface area (Å²) in [5.74, 6) is -0.161. The number of fused-ring (bicyclic) bond motifs is 2. The van der Waals surface area contributed by atoms with Crippen LogP contribution in [0.5, 0.6) is 0 Å². The highest BCUT2D eigenvalue weighted by Crippen LogP contribution is 2.41. The maximum Gasteiger partial charge on any atom is 0.284 e. The average Bonchev–Trinajstić information content (AvgIpc) is 3.00. The molecular formula is C21H25ClN2O2S. The zero-order valence-corrected chi connectivity index (χ0v) is 17.3. The molecule has 1 fully saturated rings. The molecule has 1 aliphatic carbocycles. The van der Waals surface area contributed by atoms with Gasteiger partial charge in [-0.15, -0.1) is 23.7 Å². The van der Waals surface area contributed by atoms with Crippen molar-refractivity contribution in [2.45, 2.75) is 25.7 Å². The van der Waals surface area contributed by atoms with E-state index in [1.54, 1.807) is 11.3 Å². The Morgan fingerprint density at radius 2 is 1.85 bits per heavy atom. The molecule has 0 unspecified atom stereocenters. The molecule has 0 radical (unpaired) electrons. The lowest BCUT2D eigenvalue weighted by Gasteiger charge is -2.27. The first-order valence-electron chi connectivity index (χ1n) is 9.12. The third-order valence-corrected chi connectivity index (χ3v) is 6.54. The zero-order valence-electron chi connectivity index (χ0n) is 15.7. The summed E-state index contributed by atoms with van der Waals surface area (Å²) in [5.41, 5.74) is 9.36. The maximum absolute atomic E-state index is 12.3. The minimum atomic E-state index is -0.161. The fourth-order valence-electron chi connectivity index (χ4n) is 3.98. The van der Waals surface area contributed by atoms with Gasteiger partial charge in [-0.2, -0.15) is 0 Å². The average molecular weight is 405 g/mol. The first-order chi connectivity index (χ1) is 12.7. The topological polar surface area (TPSA) is 41.6 Å². The van der Waals surface area contributed by atoms with E-state index in [0.717, 1.165) is 43.6 Å². The minimum Gasteiger partial charge on any atom is -0.306 e. The van der Waals surface area contributed by atoms with Crippen LogP contribution in [0.3, 0.4) is 0 Å². The number of nitrogens with zero attached hydrogens (tertiary/aromatic N) is 1. The molecule has 0 atom stereocenters. The Morgan fingerprint density at radius 3 is 2.59 bits per heavy atom. The molecule has 144 valence electrons. The summed E-state index contributed by atoms with van der Waals surface area (Å²) in [6, 6.07) is 10.8. The van der Waals surface area contributed by atoms with Gasteiger partial charge in [-0.25, -0.2) is 5.48 Å². The molecule has 0 saturated carbocycles. The van der Waals surface area contributed by atoms with E-state index >= 15 is 0 Å². The van der Waals surface area contributed by atoms with Crippen LogP contribution in [-0.4, -0.2) is 38.1 Å². The molecule has 1 aromatic heterocycles. The smallest absolute Gasteiger partial charge is 0.284 e. The summed E-state index contributed by atoms with van der Waals surface area (Å²) in [5, 5.41) is 0. The second kappa shape index (κ2) is 8.57. The number of rotatable bonds is 2. The molecule has 4 nitrogen and oxygen atoms in total. The fourth-order valence-corrected chi connectivity index (χ4v) is 5.03. The Kier molecular flexibility index (Phi) is 6.37. The number of halogens is 1. The monoisotopic (exact) mass is 404 g/mol. The molecule has 1 amide bonds. The van der Waals surface area contributed by atoms with Gasteiger partial charge in [0.25, 0.3) is 5.91 Å². The number of thiophene rings is 1. The number of hydrogen-bond acceptors (Lipinski definition) is 4. The fraction of sp³-hybridized carbons (Fsp3) is 0.381. The summed E-state index contributed by atoms with van der Waals surface area (Å²) >= 11 is 1.60. The Balaban J connectivity index is 0.00000210. The molecule has 1 N–H and O–H groups in total. The predicted molar refractivity (Wildman–Crippen MR) is 113 cm³/mol. The van der Waals surface area contributed by atoms with Gasteiger partial charge in [-0.05, 0) is 61.1 Å². The zero-order chi connectivity index (χ0) is 18.1. The van der Waals surface area contributed by atoms with Crippen molar-refractivity contribution in [3.63, 3.8) is 0 Å². The van der Waals surface area contributed by atoms with Crippen LogP contribution in [-0.2, 0) is 17.7 Å². The summed E-state index contributed by atoms with van der Waals surface area (Å²) in [7, 11) is 3.66. The van der Waals surface area contributed by atoms with Gasteiger partial charge in [-0.1, -0.05) is 29.8 Å². The molecule has 27 heavy (non-hydrogen) atoms. The molecule has 2 aliphatic rings. The number of piperidine rings is 1. The van der Waals surface area contributed by atoms with Gasteiger partial charge in [-0.3, -0.25) is 9.63 Å². The van der Waals surface area contributed by atoms with Gasteiger partial charge >= 0.3 is 0 Å². The van der Waals surface area contributed by atoms with E-state index in [2.05, 4.69) is 47.8 Å². The van der Waals surface area contributed by atoms with Crippen LogP contribution in [0.15, 0.2) is 35.9 Å². The van der Waals surface area contributed by atoms with Crippen molar-refractivity contribution < 1.29 is 9.63 Å². The Bertz CT molecular complexity index is 865. The second-order valence-corrected chi connectivity index (χ2v) is 8.16. The number of carbonyl (C=O) groups is 1. The van der Waals surface area contributed by atoms with Gasteiger partial charge in [0.1, 0.15) is 0 Å². The van der Waals surface area contributed by atoms with Crippen LogP contribution < -0.4 is 5.48 Å². The van der Waals surface area contributed by atoms with Gasteiger partial charge in [0.05, 0.1) is 12.0 Å². The van der Waals surface area contributed by atoms with Crippen molar-refractivity contribution in [1.82, 2.24) is 10.4 Å². The van der Waals surface area contributed by atoms with Crippen molar-refractivity contribution >= 4 is 35.2 Å². The predicted octanol–water partition coefficient (Wildman–Crippen LogP) is 4.09. The van der Waals surface area contributed by atoms with Crippen LogP contribution >= 0.6 is 23.7 Å². The SMILES string of the molecule is CONC(=O)c1cc2c(s1)CCc1ccccc1C2=C1CCN(C)CC1.Cl. The van der Waals surface area contributed by atoms with E-state index in [9.17, 15) is 4.79 Å². The highest BCUT2D eigenvalue weighted by Gasteiger charge is 2.26.